The molecule has 4 nitrogen and oxygen atoms in total. The summed E-state index contributed by atoms with van der Waals surface area (Å²) < 4.78 is 5.76. The van der Waals surface area contributed by atoms with E-state index < -0.39 is 0 Å². The second-order valence-corrected chi connectivity index (χ2v) is 10.6. The second kappa shape index (κ2) is 5.82. The molecule has 3 saturated carbocycles. The number of rotatable bonds is 1. The maximum atomic E-state index is 12.9. The van der Waals surface area contributed by atoms with E-state index >= 15 is 0 Å². The van der Waals surface area contributed by atoms with Crippen molar-refractivity contribution in [2.75, 3.05) is 14.1 Å². The topological polar surface area (TPSA) is 49.8 Å². The molecular weight excluding hydrogens is 338 g/mol. The van der Waals surface area contributed by atoms with Crippen LogP contribution in [-0.2, 0) is 9.53 Å². The average molecular weight is 374 g/mol. The van der Waals surface area contributed by atoms with Crippen LogP contribution in [0.15, 0.2) is 11.6 Å². The van der Waals surface area contributed by atoms with Gasteiger partial charge in [0.2, 0.25) is 0 Å². The number of aliphatic hydroxyl groups excluding tert-OH is 1. The number of likely N-dealkylation sites (N-methyl/N-ethyl adjacent to an activating group) is 1. The number of nitrogens with zero attached hydrogens (tertiary/aromatic N) is 1. The lowest BCUT2D eigenvalue weighted by atomic mass is 9.46. The average Bonchev–Trinajstić information content (AvgIpc) is 3.10. The van der Waals surface area contributed by atoms with E-state index in [2.05, 4.69) is 38.9 Å². The molecular formula is C23H35NO3. The van der Waals surface area contributed by atoms with Crippen molar-refractivity contribution in [1.82, 2.24) is 4.90 Å². The first-order chi connectivity index (χ1) is 12.8. The minimum absolute atomic E-state index is 0.0988. The molecule has 1 heterocycles. The van der Waals surface area contributed by atoms with Gasteiger partial charge in [-0.1, -0.05) is 18.6 Å². The highest BCUT2D eigenvalue weighted by atomic mass is 16.6. The third-order valence-electron chi connectivity index (χ3n) is 9.61. The maximum Gasteiger partial charge on any atom is 0.313 e. The van der Waals surface area contributed by atoms with Crippen LogP contribution >= 0.6 is 0 Å². The first kappa shape index (κ1) is 18.2. The van der Waals surface area contributed by atoms with Gasteiger partial charge in [0.1, 0.15) is 6.10 Å². The van der Waals surface area contributed by atoms with Gasteiger partial charge in [0, 0.05) is 12.0 Å². The first-order valence-electron chi connectivity index (χ1n) is 11.0. The summed E-state index contributed by atoms with van der Waals surface area (Å²) in [5, 5.41) is 10.9. The van der Waals surface area contributed by atoms with Crippen LogP contribution in [0, 0.1) is 34.5 Å². The fourth-order valence-electron chi connectivity index (χ4n) is 8.35. The van der Waals surface area contributed by atoms with Crippen LogP contribution in [0.3, 0.4) is 0 Å². The van der Waals surface area contributed by atoms with Gasteiger partial charge in [0.15, 0.2) is 0 Å². The van der Waals surface area contributed by atoms with E-state index in [1.165, 1.54) is 6.42 Å². The van der Waals surface area contributed by atoms with Gasteiger partial charge in [-0.3, -0.25) is 4.79 Å². The summed E-state index contributed by atoms with van der Waals surface area (Å²) >= 11 is 0. The van der Waals surface area contributed by atoms with Crippen LogP contribution < -0.4 is 0 Å². The smallest absolute Gasteiger partial charge is 0.313 e. The predicted molar refractivity (Wildman–Crippen MR) is 104 cm³/mol. The van der Waals surface area contributed by atoms with Crippen LogP contribution in [-0.4, -0.2) is 48.3 Å². The molecule has 5 rings (SSSR count). The van der Waals surface area contributed by atoms with Gasteiger partial charge in [-0.15, -0.1) is 0 Å². The third-order valence-corrected chi connectivity index (χ3v) is 9.61. The summed E-state index contributed by atoms with van der Waals surface area (Å²) in [4.78, 5) is 15.1. The number of cyclic esters (lactones) is 1. The Balaban J connectivity index is 1.49. The number of fused-ring (bicyclic) bond motifs is 4. The zero-order valence-electron chi connectivity index (χ0n) is 17.3. The number of carbonyl (C=O) groups excluding carboxylic acids is 1. The molecule has 1 saturated heterocycles. The second-order valence-electron chi connectivity index (χ2n) is 10.6. The van der Waals surface area contributed by atoms with Gasteiger partial charge in [0.25, 0.3) is 0 Å². The Morgan fingerprint density at radius 1 is 1.19 bits per heavy atom. The number of esters is 1. The van der Waals surface area contributed by atoms with E-state index in [1.807, 2.05) is 0 Å². The summed E-state index contributed by atoms with van der Waals surface area (Å²) in [6.07, 6.45) is 9.78. The molecule has 0 radical (unpaired) electrons. The number of allylic oxidation sites excluding steroid dienone is 1. The Bertz CT molecular complexity index is 687. The molecule has 5 aliphatic rings. The van der Waals surface area contributed by atoms with Gasteiger partial charge >= 0.3 is 5.97 Å². The minimum Gasteiger partial charge on any atom is -0.462 e. The molecule has 150 valence electrons. The van der Waals surface area contributed by atoms with Crippen molar-refractivity contribution in [1.29, 1.82) is 0 Å². The van der Waals surface area contributed by atoms with Crippen molar-refractivity contribution in [3.8, 4) is 0 Å². The van der Waals surface area contributed by atoms with Gasteiger partial charge in [-0.25, -0.2) is 0 Å². The van der Waals surface area contributed by atoms with Gasteiger partial charge in [0.05, 0.1) is 11.5 Å². The normalized spacial score (nSPS) is 53.9. The van der Waals surface area contributed by atoms with Crippen molar-refractivity contribution in [3.05, 3.63) is 11.6 Å². The van der Waals surface area contributed by atoms with E-state index in [0.29, 0.717) is 23.7 Å². The Labute approximate surface area is 163 Å². The Hall–Kier alpha value is -0.870. The zero-order chi connectivity index (χ0) is 19.1. The molecule has 0 aromatic heterocycles. The predicted octanol–water partition coefficient (Wildman–Crippen LogP) is 3.39. The molecule has 4 fully saturated rings. The van der Waals surface area contributed by atoms with Crippen molar-refractivity contribution in [2.24, 2.45) is 34.5 Å². The number of aliphatic hydroxyl groups is 1. The fraction of sp³-hybridized carbons (Fsp3) is 0.870. The molecule has 0 amide bonds. The molecule has 4 heteroatoms. The van der Waals surface area contributed by atoms with Crippen molar-refractivity contribution >= 4 is 5.97 Å². The summed E-state index contributed by atoms with van der Waals surface area (Å²) in [5.74, 6) is 2.21. The van der Waals surface area contributed by atoms with Crippen LogP contribution in [0.2, 0.25) is 0 Å². The minimum atomic E-state index is -0.260. The Morgan fingerprint density at radius 2 is 1.93 bits per heavy atom. The van der Waals surface area contributed by atoms with Crippen LogP contribution in [0.1, 0.15) is 58.8 Å². The molecule has 9 atom stereocenters. The summed E-state index contributed by atoms with van der Waals surface area (Å²) in [6, 6.07) is 0.234. The van der Waals surface area contributed by atoms with Crippen LogP contribution in [0.25, 0.3) is 0 Å². The van der Waals surface area contributed by atoms with Crippen LogP contribution in [0.4, 0.5) is 0 Å². The Kier molecular flexibility index (Phi) is 3.92. The maximum absolute atomic E-state index is 12.9. The molecule has 1 spiro atoms. The van der Waals surface area contributed by atoms with E-state index in [1.54, 1.807) is 5.57 Å². The lowest BCUT2D eigenvalue weighted by Crippen LogP contribution is -2.56. The van der Waals surface area contributed by atoms with Crippen LogP contribution in [0.5, 0.6) is 0 Å². The standard InChI is InChI=1S/C23H35NO3/c1-13-16-7-8-18-15-6-5-14-11-19(24(3)4)20(25)12-22(14,2)17(15)9-10-23(16,18)21(26)27-13/h5,13,15-20,25H,6-12H2,1-4H3/t13-,15+,16+,17-,18-,19+,20+,22-,23-/m0/s1. The molecule has 0 unspecified atom stereocenters. The monoisotopic (exact) mass is 373 g/mol. The molecule has 4 aliphatic carbocycles. The summed E-state index contributed by atoms with van der Waals surface area (Å²) in [5.41, 5.74) is 1.48. The van der Waals surface area contributed by atoms with Gasteiger partial charge in [-0.05, 0) is 89.1 Å². The molecule has 0 aromatic rings. The SMILES string of the molecule is C[C@@H]1OC(=O)[C@]23CC[C@H]4[C@@H](CC=C5C[C@@H](N(C)C)[C@H](O)C[C@@]54C)[C@@H]2CC[C@H]13. The quantitative estimate of drug-likeness (QED) is 0.565. The molecule has 1 aliphatic heterocycles. The van der Waals surface area contributed by atoms with E-state index in [4.69, 9.17) is 4.74 Å². The molecule has 0 aromatic carbocycles. The number of hydrogen-bond donors (Lipinski definition) is 1. The largest absolute Gasteiger partial charge is 0.462 e. The van der Waals surface area contributed by atoms with Crippen molar-refractivity contribution < 1.29 is 14.6 Å². The summed E-state index contributed by atoms with van der Waals surface area (Å²) in [7, 11) is 4.16. The van der Waals surface area contributed by atoms with Crippen molar-refractivity contribution in [3.63, 3.8) is 0 Å². The lowest BCUT2D eigenvalue weighted by molar-refractivity contribution is -0.157. The zero-order valence-corrected chi connectivity index (χ0v) is 17.3. The first-order valence-corrected chi connectivity index (χ1v) is 11.0. The van der Waals surface area contributed by atoms with Gasteiger partial charge in [-0.2, -0.15) is 0 Å². The highest BCUT2D eigenvalue weighted by molar-refractivity contribution is 5.81. The lowest BCUT2D eigenvalue weighted by Gasteiger charge is -2.58. The van der Waals surface area contributed by atoms with Crippen molar-refractivity contribution in [2.45, 2.75) is 77.0 Å². The number of hydrogen-bond acceptors (Lipinski definition) is 4. The summed E-state index contributed by atoms with van der Waals surface area (Å²) in [6.45, 7) is 4.51. The van der Waals surface area contributed by atoms with E-state index in [0.717, 1.165) is 38.5 Å². The third kappa shape index (κ3) is 2.20. The molecule has 27 heavy (non-hydrogen) atoms. The molecule has 1 N–H and O–H groups in total. The Morgan fingerprint density at radius 3 is 2.67 bits per heavy atom. The highest BCUT2D eigenvalue weighted by Crippen LogP contribution is 2.68. The van der Waals surface area contributed by atoms with Gasteiger partial charge < -0.3 is 14.7 Å². The number of ether oxygens (including phenoxy) is 1. The highest BCUT2D eigenvalue weighted by Gasteiger charge is 2.68. The van der Waals surface area contributed by atoms with E-state index in [9.17, 15) is 9.90 Å². The van der Waals surface area contributed by atoms with E-state index in [-0.39, 0.29) is 35.0 Å². The fourth-order valence-corrected chi connectivity index (χ4v) is 8.35. The molecule has 0 bridgehead atoms. The number of carbonyl (C=O) groups is 1.